The molecule has 0 aliphatic carbocycles. The summed E-state index contributed by atoms with van der Waals surface area (Å²) in [5, 5.41) is 10.6. The number of aliphatic hydroxyl groups is 1. The van der Waals surface area contributed by atoms with Crippen molar-refractivity contribution in [3.63, 3.8) is 0 Å². The fraction of sp³-hybridized carbons (Fsp3) is 0.949. The molecule has 0 saturated heterocycles. The normalized spacial score (nSPS) is 14.4. The molecule has 0 aliphatic rings. The van der Waals surface area contributed by atoms with E-state index < -0.39 is 97.5 Å². The summed E-state index contributed by atoms with van der Waals surface area (Å²) in [6.45, 7) is 14.2. The Morgan fingerprint density at radius 1 is 0.289 bits per heavy atom. The van der Waals surface area contributed by atoms with Gasteiger partial charge in [0.2, 0.25) is 0 Å². The topological polar surface area (TPSA) is 237 Å². The molecule has 0 aliphatic heterocycles. The standard InChI is InChI=1S/C78H152O17P2/c1-9-71(8)57-49-41-33-25-21-22-28-36-45-53-61-78(83)95-74(65-89-76(81)59-51-43-37-29-32-40-48-56-70(6)7)67-93-97(86,87)91-63-72(79)62-90-96(84,85)92-66-73(64-88-75(80)58-50-42-34-26-19-16-12-14-18-24-31-39-47-55-69(4)5)94-77(82)60-52-44-35-27-20-15-11-10-13-17-23-30-38-46-54-68(2)3/h68-74,79H,9-67H2,1-8H3,(H,84,85)(H,86,87)/t71?,72?,73-,74-/m1/s1. The first-order valence-electron chi connectivity index (χ1n) is 40.2. The molecule has 19 heteroatoms. The molecule has 0 saturated carbocycles. The summed E-state index contributed by atoms with van der Waals surface area (Å²) < 4.78 is 68.6. The number of carbonyl (C=O) groups excluding carboxylic acids is 4. The number of unbranched alkanes of at least 4 members (excludes halogenated alkanes) is 40. The summed E-state index contributed by atoms with van der Waals surface area (Å²) in [6, 6.07) is 0. The highest BCUT2D eigenvalue weighted by Gasteiger charge is 2.30. The van der Waals surface area contributed by atoms with Crippen LogP contribution in [0.1, 0.15) is 396 Å². The molecule has 0 aromatic rings. The molecule has 6 atom stereocenters. The van der Waals surface area contributed by atoms with Gasteiger partial charge in [-0.25, -0.2) is 9.13 Å². The summed E-state index contributed by atoms with van der Waals surface area (Å²) in [5.41, 5.74) is 0. The smallest absolute Gasteiger partial charge is 0.462 e. The minimum atomic E-state index is -4.96. The Bertz CT molecular complexity index is 1900. The second-order valence-electron chi connectivity index (χ2n) is 29.8. The summed E-state index contributed by atoms with van der Waals surface area (Å²) >= 11 is 0. The first-order chi connectivity index (χ1) is 46.6. The minimum absolute atomic E-state index is 0.105. The van der Waals surface area contributed by atoms with Crippen molar-refractivity contribution in [1.29, 1.82) is 0 Å². The SMILES string of the molecule is CCC(C)CCCCCCCCCCCCC(=O)O[C@H](COC(=O)CCCCCCCCCC(C)C)COP(=O)(O)OCC(O)COP(=O)(O)OC[C@@H](COC(=O)CCCCCCCCCCCCCCCC(C)C)OC(=O)CCCCCCCCCCCCCCCCC(C)C. The van der Waals surface area contributed by atoms with E-state index in [0.29, 0.717) is 31.6 Å². The van der Waals surface area contributed by atoms with Gasteiger partial charge in [-0.2, -0.15) is 0 Å². The van der Waals surface area contributed by atoms with Crippen LogP contribution >= 0.6 is 15.6 Å². The maximum atomic E-state index is 13.1. The Kier molecular flexibility index (Phi) is 65.9. The Morgan fingerprint density at radius 2 is 0.495 bits per heavy atom. The quantitative estimate of drug-likeness (QED) is 0.0222. The molecule has 0 heterocycles. The van der Waals surface area contributed by atoms with E-state index in [1.807, 2.05) is 0 Å². The van der Waals surface area contributed by atoms with Crippen molar-refractivity contribution in [3.05, 3.63) is 0 Å². The summed E-state index contributed by atoms with van der Waals surface area (Å²) in [5.74, 6) is 0.976. The number of phosphoric ester groups is 2. The average molecular weight is 1420 g/mol. The van der Waals surface area contributed by atoms with Gasteiger partial charge in [0.25, 0.3) is 0 Å². The lowest BCUT2D eigenvalue weighted by atomic mass is 9.99. The van der Waals surface area contributed by atoms with Gasteiger partial charge in [-0.3, -0.25) is 37.3 Å². The fourth-order valence-electron chi connectivity index (χ4n) is 11.9. The van der Waals surface area contributed by atoms with Crippen LogP contribution in [0.25, 0.3) is 0 Å². The van der Waals surface area contributed by atoms with E-state index >= 15 is 0 Å². The van der Waals surface area contributed by atoms with E-state index in [0.717, 1.165) is 114 Å². The van der Waals surface area contributed by atoms with Crippen LogP contribution in [0, 0.1) is 23.7 Å². The van der Waals surface area contributed by atoms with Crippen LogP contribution in [0.3, 0.4) is 0 Å². The highest BCUT2D eigenvalue weighted by molar-refractivity contribution is 7.47. The molecular formula is C78H152O17P2. The van der Waals surface area contributed by atoms with Crippen molar-refractivity contribution in [1.82, 2.24) is 0 Å². The van der Waals surface area contributed by atoms with E-state index in [-0.39, 0.29) is 25.7 Å². The zero-order chi connectivity index (χ0) is 71.7. The maximum absolute atomic E-state index is 13.1. The lowest BCUT2D eigenvalue weighted by Gasteiger charge is -2.21. The van der Waals surface area contributed by atoms with E-state index in [9.17, 15) is 43.2 Å². The third-order valence-corrected chi connectivity index (χ3v) is 20.3. The number of hydrogen-bond donors (Lipinski definition) is 3. The zero-order valence-electron chi connectivity index (χ0n) is 63.7. The first-order valence-corrected chi connectivity index (χ1v) is 43.2. The van der Waals surface area contributed by atoms with Gasteiger partial charge in [0, 0.05) is 25.7 Å². The van der Waals surface area contributed by atoms with Crippen LogP contribution in [-0.2, 0) is 65.4 Å². The molecule has 3 N–H and O–H groups in total. The Hall–Kier alpha value is -1.94. The van der Waals surface area contributed by atoms with Crippen molar-refractivity contribution < 1.29 is 80.2 Å². The van der Waals surface area contributed by atoms with Crippen molar-refractivity contribution in [2.24, 2.45) is 23.7 Å². The van der Waals surface area contributed by atoms with E-state index in [1.54, 1.807) is 0 Å². The van der Waals surface area contributed by atoms with Crippen LogP contribution in [-0.4, -0.2) is 96.7 Å². The van der Waals surface area contributed by atoms with Gasteiger partial charge in [-0.1, -0.05) is 344 Å². The van der Waals surface area contributed by atoms with Crippen LogP contribution in [0.2, 0.25) is 0 Å². The van der Waals surface area contributed by atoms with Crippen molar-refractivity contribution >= 4 is 39.5 Å². The molecule has 576 valence electrons. The highest BCUT2D eigenvalue weighted by Crippen LogP contribution is 2.45. The summed E-state index contributed by atoms with van der Waals surface area (Å²) in [6.07, 6.45) is 52.7. The van der Waals surface area contributed by atoms with Gasteiger partial charge in [-0.15, -0.1) is 0 Å². The molecular weight excluding hydrogens is 1270 g/mol. The number of hydrogen-bond acceptors (Lipinski definition) is 15. The number of rotatable bonds is 75. The lowest BCUT2D eigenvalue weighted by molar-refractivity contribution is -0.161. The second-order valence-corrected chi connectivity index (χ2v) is 32.7. The van der Waals surface area contributed by atoms with Gasteiger partial charge in [0.1, 0.15) is 19.3 Å². The Labute approximate surface area is 594 Å². The molecule has 17 nitrogen and oxygen atoms in total. The van der Waals surface area contributed by atoms with Crippen LogP contribution < -0.4 is 0 Å². The Morgan fingerprint density at radius 3 is 0.732 bits per heavy atom. The van der Waals surface area contributed by atoms with Crippen LogP contribution in [0.5, 0.6) is 0 Å². The average Bonchev–Trinajstić information content (AvgIpc) is 2.07. The molecule has 0 spiro atoms. The van der Waals surface area contributed by atoms with Gasteiger partial charge < -0.3 is 33.8 Å². The summed E-state index contributed by atoms with van der Waals surface area (Å²) in [4.78, 5) is 72.9. The van der Waals surface area contributed by atoms with E-state index in [2.05, 4.69) is 55.4 Å². The molecule has 0 aromatic carbocycles. The number of phosphoric acid groups is 2. The largest absolute Gasteiger partial charge is 0.472 e. The molecule has 0 fully saturated rings. The van der Waals surface area contributed by atoms with Gasteiger partial charge >= 0.3 is 39.5 Å². The minimum Gasteiger partial charge on any atom is -0.462 e. The van der Waals surface area contributed by atoms with Crippen LogP contribution in [0.15, 0.2) is 0 Å². The van der Waals surface area contributed by atoms with Crippen molar-refractivity contribution in [2.75, 3.05) is 39.6 Å². The third kappa shape index (κ3) is 70.9. The zero-order valence-corrected chi connectivity index (χ0v) is 65.5. The van der Waals surface area contributed by atoms with Crippen LogP contribution in [0.4, 0.5) is 0 Å². The van der Waals surface area contributed by atoms with E-state index in [1.165, 1.54) is 193 Å². The predicted octanol–water partition coefficient (Wildman–Crippen LogP) is 22.8. The summed E-state index contributed by atoms with van der Waals surface area (Å²) in [7, 11) is -9.92. The molecule has 97 heavy (non-hydrogen) atoms. The number of ether oxygens (including phenoxy) is 4. The number of carbonyl (C=O) groups is 4. The van der Waals surface area contributed by atoms with Gasteiger partial charge in [0.15, 0.2) is 12.2 Å². The molecule has 0 amide bonds. The first kappa shape index (κ1) is 95.1. The third-order valence-electron chi connectivity index (χ3n) is 18.4. The molecule has 0 rings (SSSR count). The second kappa shape index (κ2) is 67.2. The molecule has 0 aromatic heterocycles. The Balaban J connectivity index is 5.26. The predicted molar refractivity (Wildman–Crippen MR) is 395 cm³/mol. The monoisotopic (exact) mass is 1420 g/mol. The van der Waals surface area contributed by atoms with E-state index in [4.69, 9.17) is 37.0 Å². The maximum Gasteiger partial charge on any atom is 0.472 e. The molecule has 0 bridgehead atoms. The fourth-order valence-corrected chi connectivity index (χ4v) is 13.5. The lowest BCUT2D eigenvalue weighted by Crippen LogP contribution is -2.30. The van der Waals surface area contributed by atoms with Gasteiger partial charge in [-0.05, 0) is 49.4 Å². The van der Waals surface area contributed by atoms with Crippen molar-refractivity contribution in [3.8, 4) is 0 Å². The van der Waals surface area contributed by atoms with Crippen molar-refractivity contribution in [2.45, 2.75) is 414 Å². The molecule has 4 unspecified atom stereocenters. The van der Waals surface area contributed by atoms with Gasteiger partial charge in [0.05, 0.1) is 26.4 Å². The highest BCUT2D eigenvalue weighted by atomic mass is 31.2. The number of esters is 4. The number of aliphatic hydroxyl groups excluding tert-OH is 1. The molecule has 0 radical (unpaired) electrons.